The van der Waals surface area contributed by atoms with Crippen LogP contribution in [0.2, 0.25) is 0 Å². The van der Waals surface area contributed by atoms with Gasteiger partial charge in [-0.25, -0.2) is 14.6 Å². The quantitative estimate of drug-likeness (QED) is 0.115. The van der Waals surface area contributed by atoms with Crippen molar-refractivity contribution in [2.24, 2.45) is 0 Å². The van der Waals surface area contributed by atoms with Gasteiger partial charge < -0.3 is 20.7 Å². The first kappa shape index (κ1) is 27.5. The topological polar surface area (TPSA) is 187 Å². The summed E-state index contributed by atoms with van der Waals surface area (Å²) in [6.07, 6.45) is -2.45. The molecule has 1 saturated heterocycles. The van der Waals surface area contributed by atoms with Crippen molar-refractivity contribution >= 4 is 55.0 Å². The fraction of sp³-hybridized carbons (Fsp3) is 0.450. The Morgan fingerprint density at radius 2 is 2.14 bits per heavy atom. The second kappa shape index (κ2) is 11.4. The Morgan fingerprint density at radius 1 is 1.39 bits per heavy atom. The summed E-state index contributed by atoms with van der Waals surface area (Å²) in [6, 6.07) is 9.32. The summed E-state index contributed by atoms with van der Waals surface area (Å²) >= 11 is 2.11. The summed E-state index contributed by atoms with van der Waals surface area (Å²) in [5, 5.41) is 24.7. The van der Waals surface area contributed by atoms with Crippen LogP contribution in [-0.2, 0) is 24.9 Å². The number of imidazole rings is 1. The summed E-state index contributed by atoms with van der Waals surface area (Å²) in [7, 11) is -2.30. The molecule has 196 valence electrons. The van der Waals surface area contributed by atoms with E-state index in [9.17, 15) is 19.6 Å². The molecule has 1 aromatic carbocycles. The Hall–Kier alpha value is -1.56. The average molecular weight is 652 g/mol. The molecule has 13 nitrogen and oxygen atoms in total. The van der Waals surface area contributed by atoms with E-state index in [1.165, 1.54) is 26.8 Å². The highest BCUT2D eigenvalue weighted by Crippen LogP contribution is 2.46. The lowest BCUT2D eigenvalue weighted by atomic mass is 9.96. The van der Waals surface area contributed by atoms with Gasteiger partial charge in [0.05, 0.1) is 19.5 Å². The number of aromatic nitrogens is 4. The van der Waals surface area contributed by atoms with Gasteiger partial charge in [-0.05, 0) is 33.7 Å². The summed E-state index contributed by atoms with van der Waals surface area (Å²) in [6.45, 7) is 1.41. The van der Waals surface area contributed by atoms with E-state index in [2.05, 4.69) is 41.2 Å². The van der Waals surface area contributed by atoms with E-state index in [-0.39, 0.29) is 36.9 Å². The SMILES string of the molecule is CC1(O)C(O)[C@@H](COP(=O)(NCc2ccccc2)OCCSI)O[C@H]1n1cnc2c(=O)[nH]c(N)nc21. The number of benzene rings is 1. The van der Waals surface area contributed by atoms with Crippen molar-refractivity contribution in [3.63, 3.8) is 0 Å². The summed E-state index contributed by atoms with van der Waals surface area (Å²) in [4.78, 5) is 22.6. The molecule has 16 heteroatoms. The van der Waals surface area contributed by atoms with Crippen LogP contribution in [0, 0.1) is 0 Å². The lowest BCUT2D eigenvalue weighted by Crippen LogP contribution is -2.44. The van der Waals surface area contributed by atoms with Crippen molar-refractivity contribution < 1.29 is 28.6 Å². The molecule has 3 aromatic rings. The van der Waals surface area contributed by atoms with Gasteiger partial charge in [0.15, 0.2) is 17.4 Å². The van der Waals surface area contributed by atoms with Crippen molar-refractivity contribution in [2.45, 2.75) is 37.5 Å². The Labute approximate surface area is 222 Å². The van der Waals surface area contributed by atoms with Gasteiger partial charge in [0.2, 0.25) is 5.95 Å². The summed E-state index contributed by atoms with van der Waals surface area (Å²) in [5.74, 6) is 0.447. The van der Waals surface area contributed by atoms with E-state index in [4.69, 9.17) is 19.5 Å². The Bertz CT molecular complexity index is 1290. The molecule has 0 radical (unpaired) electrons. The highest BCUT2D eigenvalue weighted by Gasteiger charge is 2.54. The van der Waals surface area contributed by atoms with Gasteiger partial charge in [-0.3, -0.25) is 23.4 Å². The molecule has 36 heavy (non-hydrogen) atoms. The summed E-state index contributed by atoms with van der Waals surface area (Å²) < 4.78 is 31.8. The zero-order chi connectivity index (χ0) is 25.9. The molecule has 3 heterocycles. The van der Waals surface area contributed by atoms with Crippen LogP contribution in [0.25, 0.3) is 11.2 Å². The maximum atomic E-state index is 13.4. The van der Waals surface area contributed by atoms with Crippen molar-refractivity contribution in [3.8, 4) is 0 Å². The highest BCUT2D eigenvalue weighted by molar-refractivity contribution is 14.2. The molecule has 0 saturated carbocycles. The van der Waals surface area contributed by atoms with Crippen molar-refractivity contribution in [1.82, 2.24) is 24.6 Å². The number of aromatic amines is 1. The highest BCUT2D eigenvalue weighted by atomic mass is 127. The van der Waals surface area contributed by atoms with Gasteiger partial charge in [0.1, 0.15) is 17.8 Å². The molecule has 0 aliphatic carbocycles. The van der Waals surface area contributed by atoms with E-state index >= 15 is 0 Å². The molecule has 1 fully saturated rings. The van der Waals surface area contributed by atoms with E-state index < -0.39 is 37.3 Å². The molecule has 1 aliphatic heterocycles. The van der Waals surface area contributed by atoms with Gasteiger partial charge in [-0.1, -0.05) is 39.3 Å². The standard InChI is InChI=1S/C20H26IN6O7PS/c1-20(30)15(28)13(34-18(20)27-11-23-14-16(27)25-19(22)26-17(14)29)10-33-35(31,32-7-8-36-21)24-9-12-5-3-2-4-6-12/h2-6,11,13,15,18,28,30H,7-10H2,1H3,(H,24,31)(H3,22,25,26,29)/t13-,15?,18-,20?,35?/m1/s1. The molecule has 4 rings (SSSR count). The van der Waals surface area contributed by atoms with Gasteiger partial charge in [0, 0.05) is 12.3 Å². The first-order valence-corrected chi connectivity index (χ1v) is 15.9. The Balaban J connectivity index is 1.50. The molecule has 0 bridgehead atoms. The minimum absolute atomic E-state index is 0.00562. The number of fused-ring (bicyclic) bond motifs is 1. The molecule has 3 unspecified atom stereocenters. The third-order valence-corrected chi connectivity index (χ3v) is 8.81. The number of nitrogens with two attached hydrogens (primary N) is 1. The number of halogens is 1. The fourth-order valence-corrected chi connectivity index (χ4v) is 5.88. The number of aliphatic hydroxyl groups is 2. The second-order valence-electron chi connectivity index (χ2n) is 8.23. The van der Waals surface area contributed by atoms with Gasteiger partial charge in [-0.15, -0.1) is 0 Å². The normalized spacial score (nSPS) is 25.8. The van der Waals surface area contributed by atoms with E-state index in [0.29, 0.717) is 5.75 Å². The first-order valence-electron chi connectivity index (χ1n) is 10.8. The van der Waals surface area contributed by atoms with Gasteiger partial charge in [0.25, 0.3) is 5.56 Å². The predicted molar refractivity (Wildman–Crippen MR) is 142 cm³/mol. The lowest BCUT2D eigenvalue weighted by molar-refractivity contribution is -0.0948. The molecule has 6 N–H and O–H groups in total. The number of H-pyrrole nitrogens is 1. The number of nitrogens with one attached hydrogen (secondary N) is 2. The van der Waals surface area contributed by atoms with Crippen molar-refractivity contribution in [3.05, 3.63) is 52.6 Å². The van der Waals surface area contributed by atoms with Crippen LogP contribution in [0.4, 0.5) is 5.95 Å². The van der Waals surface area contributed by atoms with Crippen LogP contribution in [0.3, 0.4) is 0 Å². The molecule has 2 aromatic heterocycles. The van der Waals surface area contributed by atoms with Crippen LogP contribution in [-0.4, -0.2) is 66.5 Å². The number of nitrogens with zero attached hydrogens (tertiary/aromatic N) is 3. The smallest absolute Gasteiger partial charge is 0.387 e. The number of hydrogen-bond donors (Lipinski definition) is 5. The monoisotopic (exact) mass is 652 g/mol. The molecular formula is C20H26IN6O7PS. The van der Waals surface area contributed by atoms with Gasteiger partial charge in [-0.2, -0.15) is 4.98 Å². The average Bonchev–Trinajstić information content (AvgIpc) is 3.36. The Morgan fingerprint density at radius 3 is 2.86 bits per heavy atom. The van der Waals surface area contributed by atoms with Crippen molar-refractivity contribution in [2.75, 3.05) is 24.7 Å². The van der Waals surface area contributed by atoms with E-state index in [1.54, 1.807) is 0 Å². The Kier molecular flexibility index (Phi) is 8.74. The molecule has 1 aliphatic rings. The molecule has 0 amide bonds. The van der Waals surface area contributed by atoms with E-state index in [1.807, 2.05) is 30.3 Å². The first-order chi connectivity index (χ1) is 17.1. The number of rotatable bonds is 11. The molecular weight excluding hydrogens is 626 g/mol. The number of anilines is 1. The zero-order valence-electron chi connectivity index (χ0n) is 19.1. The molecule has 0 spiro atoms. The zero-order valence-corrected chi connectivity index (χ0v) is 23.0. The lowest BCUT2D eigenvalue weighted by Gasteiger charge is -2.27. The van der Waals surface area contributed by atoms with Crippen LogP contribution < -0.4 is 16.4 Å². The number of nitrogen functional groups attached to an aromatic ring is 1. The van der Waals surface area contributed by atoms with Crippen LogP contribution >= 0.6 is 37.9 Å². The second-order valence-corrected chi connectivity index (χ2v) is 12.6. The third-order valence-electron chi connectivity index (χ3n) is 5.61. The van der Waals surface area contributed by atoms with Crippen LogP contribution in [0.15, 0.2) is 41.5 Å². The number of aliphatic hydroxyl groups excluding tert-OH is 1. The predicted octanol–water partition coefficient (Wildman–Crippen LogP) is 1.73. The number of hydrogen-bond acceptors (Lipinski definition) is 11. The van der Waals surface area contributed by atoms with Crippen LogP contribution in [0.1, 0.15) is 18.7 Å². The summed E-state index contributed by atoms with van der Waals surface area (Å²) in [5.41, 5.74) is 4.21. The molecule has 5 atom stereocenters. The van der Waals surface area contributed by atoms with E-state index in [0.717, 1.165) is 5.56 Å². The maximum absolute atomic E-state index is 13.4. The minimum Gasteiger partial charge on any atom is -0.387 e. The third kappa shape index (κ3) is 5.95. The fourth-order valence-electron chi connectivity index (χ4n) is 3.77. The van der Waals surface area contributed by atoms with Crippen molar-refractivity contribution in [1.29, 1.82) is 0 Å². The largest absolute Gasteiger partial charge is 0.405 e. The minimum atomic E-state index is -3.80. The maximum Gasteiger partial charge on any atom is 0.405 e. The van der Waals surface area contributed by atoms with Gasteiger partial charge >= 0.3 is 7.75 Å². The number of ether oxygens (including phenoxy) is 1. The van der Waals surface area contributed by atoms with Crippen LogP contribution in [0.5, 0.6) is 0 Å².